The minimum atomic E-state index is -3.75. The number of rotatable bonds is 5. The number of aromatic nitrogens is 2. The summed E-state index contributed by atoms with van der Waals surface area (Å²) in [6.45, 7) is 3.03. The molecule has 0 saturated heterocycles. The summed E-state index contributed by atoms with van der Waals surface area (Å²) in [6.07, 6.45) is 1.25. The molecular weight excluding hydrogens is 400 g/mol. The van der Waals surface area contributed by atoms with Crippen LogP contribution in [0.15, 0.2) is 44.5 Å². The fourth-order valence-electron chi connectivity index (χ4n) is 2.11. The van der Waals surface area contributed by atoms with E-state index in [0.29, 0.717) is 4.47 Å². The van der Waals surface area contributed by atoms with E-state index >= 15 is 0 Å². The third-order valence-electron chi connectivity index (χ3n) is 3.53. The minimum absolute atomic E-state index is 0.00764. The van der Waals surface area contributed by atoms with Gasteiger partial charge in [-0.15, -0.1) is 0 Å². The zero-order valence-corrected chi connectivity index (χ0v) is 15.1. The molecule has 0 aliphatic heterocycles. The van der Waals surface area contributed by atoms with Crippen LogP contribution in [0, 0.1) is 0 Å². The molecule has 0 atom stereocenters. The van der Waals surface area contributed by atoms with Crippen molar-refractivity contribution in [3.05, 3.63) is 66.9 Å². The van der Waals surface area contributed by atoms with Gasteiger partial charge in [-0.1, -0.05) is 28.1 Å². The average molecular weight is 416 g/mol. The Balaban J connectivity index is 2.19. The van der Waals surface area contributed by atoms with Crippen molar-refractivity contribution in [2.24, 2.45) is 0 Å². The van der Waals surface area contributed by atoms with E-state index in [4.69, 9.17) is 0 Å². The minimum Gasteiger partial charge on any atom is -0.346 e. The molecule has 0 fully saturated rings. The molecule has 6 nitrogen and oxygen atoms in total. The van der Waals surface area contributed by atoms with Gasteiger partial charge in [0.1, 0.15) is 0 Å². The van der Waals surface area contributed by atoms with Crippen LogP contribution in [0.25, 0.3) is 0 Å². The summed E-state index contributed by atoms with van der Waals surface area (Å²) in [5.74, 6) is -5.28. The monoisotopic (exact) mass is 415 g/mol. The highest BCUT2D eigenvalue weighted by Gasteiger charge is 2.40. The molecule has 25 heavy (non-hydrogen) atoms. The number of carbonyl (C=O) groups is 1. The van der Waals surface area contributed by atoms with Gasteiger partial charge in [-0.25, -0.2) is 4.79 Å². The highest BCUT2D eigenvalue weighted by atomic mass is 79.9. The van der Waals surface area contributed by atoms with Gasteiger partial charge in [-0.05, 0) is 26.0 Å². The highest BCUT2D eigenvalue weighted by Crippen LogP contribution is 2.29. The van der Waals surface area contributed by atoms with Crippen molar-refractivity contribution in [2.75, 3.05) is 0 Å². The van der Waals surface area contributed by atoms with E-state index in [1.165, 1.54) is 22.9 Å². The summed E-state index contributed by atoms with van der Waals surface area (Å²) in [6, 6.07) is 4.84. The normalized spacial score (nSPS) is 11.6. The molecule has 2 rings (SSSR count). The van der Waals surface area contributed by atoms with Gasteiger partial charge in [0.15, 0.2) is 0 Å². The van der Waals surface area contributed by atoms with Crippen LogP contribution in [0.2, 0.25) is 0 Å². The number of aromatic amines is 1. The molecule has 0 radical (unpaired) electrons. The molecule has 0 saturated carbocycles. The summed E-state index contributed by atoms with van der Waals surface area (Å²) >= 11 is 3.13. The second kappa shape index (κ2) is 7.30. The van der Waals surface area contributed by atoms with Crippen LogP contribution < -0.4 is 16.6 Å². The number of hydrogen-bond donors (Lipinski definition) is 2. The van der Waals surface area contributed by atoms with E-state index in [1.54, 1.807) is 13.8 Å². The Hall–Kier alpha value is -2.29. The van der Waals surface area contributed by atoms with Crippen molar-refractivity contribution < 1.29 is 13.6 Å². The molecule has 0 bridgehead atoms. The van der Waals surface area contributed by atoms with Crippen LogP contribution in [-0.2, 0) is 17.3 Å². The summed E-state index contributed by atoms with van der Waals surface area (Å²) in [5, 5.41) is 2.04. The molecule has 1 aromatic heterocycles. The number of H-pyrrole nitrogens is 1. The van der Waals surface area contributed by atoms with Crippen molar-refractivity contribution in [3.8, 4) is 0 Å². The lowest BCUT2D eigenvalue weighted by atomic mass is 10.1. The fraction of sp³-hybridized carbons (Fsp3) is 0.312. The maximum absolute atomic E-state index is 14.2. The quantitative estimate of drug-likeness (QED) is 0.785. The predicted octanol–water partition coefficient (Wildman–Crippen LogP) is 2.29. The summed E-state index contributed by atoms with van der Waals surface area (Å²) in [4.78, 5) is 37.4. The summed E-state index contributed by atoms with van der Waals surface area (Å²) in [5.41, 5.74) is -1.79. The third kappa shape index (κ3) is 4.22. The molecule has 1 heterocycles. The number of alkyl halides is 2. The molecule has 9 heteroatoms. The maximum Gasteiger partial charge on any atom is 0.349 e. The van der Waals surface area contributed by atoms with Gasteiger partial charge in [0.05, 0.1) is 5.56 Å². The Morgan fingerprint density at radius 3 is 2.44 bits per heavy atom. The molecule has 0 aliphatic rings. The Labute approximate surface area is 150 Å². The molecule has 0 aliphatic carbocycles. The van der Waals surface area contributed by atoms with Gasteiger partial charge in [0, 0.05) is 28.8 Å². The summed E-state index contributed by atoms with van der Waals surface area (Å²) < 4.78 is 30.2. The Morgan fingerprint density at radius 1 is 1.28 bits per heavy atom. The largest absolute Gasteiger partial charge is 0.349 e. The zero-order valence-electron chi connectivity index (χ0n) is 13.5. The van der Waals surface area contributed by atoms with E-state index < -0.39 is 35.2 Å². The Kier molecular flexibility index (Phi) is 5.56. The first-order valence-electron chi connectivity index (χ1n) is 7.39. The molecule has 134 valence electrons. The molecular formula is C16H16BrF2N3O3. The zero-order chi connectivity index (χ0) is 18.8. The van der Waals surface area contributed by atoms with Gasteiger partial charge in [-0.2, -0.15) is 8.78 Å². The first-order chi connectivity index (χ1) is 11.6. The Bertz CT molecular complexity index is 889. The number of benzene rings is 1. The van der Waals surface area contributed by atoms with Crippen LogP contribution in [-0.4, -0.2) is 15.5 Å². The number of amides is 1. The second-order valence-corrected chi connectivity index (χ2v) is 6.59. The Morgan fingerprint density at radius 2 is 1.88 bits per heavy atom. The highest BCUT2D eigenvalue weighted by molar-refractivity contribution is 9.10. The molecule has 2 N–H and O–H groups in total. The molecule has 1 amide bonds. The van der Waals surface area contributed by atoms with E-state index in [1.807, 2.05) is 5.32 Å². The van der Waals surface area contributed by atoms with Crippen molar-refractivity contribution in [3.63, 3.8) is 0 Å². The van der Waals surface area contributed by atoms with Gasteiger partial charge in [0.2, 0.25) is 0 Å². The molecule has 0 unspecified atom stereocenters. The number of hydrogen-bond acceptors (Lipinski definition) is 3. The molecule has 1 aromatic carbocycles. The summed E-state index contributed by atoms with van der Waals surface area (Å²) in [7, 11) is 0. The predicted molar refractivity (Wildman–Crippen MR) is 91.6 cm³/mol. The average Bonchev–Trinajstić information content (AvgIpc) is 2.53. The second-order valence-electron chi connectivity index (χ2n) is 5.68. The van der Waals surface area contributed by atoms with Gasteiger partial charge in [-0.3, -0.25) is 19.1 Å². The SMILES string of the molecule is CC(C)n1cc(CNC(=O)C(F)(F)c2ccc(Br)cc2)c(=O)[nH]c1=O. The molecule has 2 aromatic rings. The number of nitrogens with zero attached hydrogens (tertiary/aromatic N) is 1. The lowest BCUT2D eigenvalue weighted by Crippen LogP contribution is -2.40. The first kappa shape index (κ1) is 19.0. The van der Waals surface area contributed by atoms with E-state index in [0.717, 1.165) is 12.1 Å². The van der Waals surface area contributed by atoms with Crippen LogP contribution in [0.5, 0.6) is 0 Å². The lowest BCUT2D eigenvalue weighted by molar-refractivity contribution is -0.147. The fourth-order valence-corrected chi connectivity index (χ4v) is 2.38. The van der Waals surface area contributed by atoms with Gasteiger partial charge < -0.3 is 5.32 Å². The number of halogens is 3. The standard InChI is InChI=1S/C16H16BrF2N3O3/c1-9(2)22-8-10(13(23)21-15(22)25)7-20-14(24)16(18,19)11-3-5-12(17)6-4-11/h3-6,8-9H,7H2,1-2H3,(H,20,24)(H,21,23,25). The first-order valence-corrected chi connectivity index (χ1v) is 8.18. The van der Waals surface area contributed by atoms with Crippen molar-refractivity contribution in [1.29, 1.82) is 0 Å². The smallest absolute Gasteiger partial charge is 0.346 e. The van der Waals surface area contributed by atoms with Gasteiger partial charge in [0.25, 0.3) is 11.5 Å². The van der Waals surface area contributed by atoms with Crippen LogP contribution in [0.4, 0.5) is 8.78 Å². The van der Waals surface area contributed by atoms with Crippen LogP contribution in [0.3, 0.4) is 0 Å². The van der Waals surface area contributed by atoms with Gasteiger partial charge >= 0.3 is 11.6 Å². The third-order valence-corrected chi connectivity index (χ3v) is 4.06. The van der Waals surface area contributed by atoms with Crippen molar-refractivity contribution in [1.82, 2.24) is 14.9 Å². The van der Waals surface area contributed by atoms with Crippen molar-refractivity contribution >= 4 is 21.8 Å². The van der Waals surface area contributed by atoms with Crippen LogP contribution >= 0.6 is 15.9 Å². The maximum atomic E-state index is 14.2. The topological polar surface area (TPSA) is 84.0 Å². The van der Waals surface area contributed by atoms with E-state index in [9.17, 15) is 23.2 Å². The van der Waals surface area contributed by atoms with Crippen molar-refractivity contribution in [2.45, 2.75) is 32.4 Å². The van der Waals surface area contributed by atoms with E-state index in [-0.39, 0.29) is 11.6 Å². The molecule has 0 spiro atoms. The number of nitrogens with one attached hydrogen (secondary N) is 2. The number of carbonyl (C=O) groups excluding carboxylic acids is 1. The van der Waals surface area contributed by atoms with Crippen LogP contribution in [0.1, 0.15) is 31.0 Å². The van der Waals surface area contributed by atoms with E-state index in [2.05, 4.69) is 20.9 Å². The lowest BCUT2D eigenvalue weighted by Gasteiger charge is -2.17.